The van der Waals surface area contributed by atoms with Gasteiger partial charge in [0.1, 0.15) is 6.61 Å². The monoisotopic (exact) mass is 327 g/mol. The highest BCUT2D eigenvalue weighted by atomic mass is 32.2. The molecule has 0 radical (unpaired) electrons. The number of hydrogen-bond donors (Lipinski definition) is 2. The number of thiophene rings is 1. The van der Waals surface area contributed by atoms with Gasteiger partial charge in [-0.05, 0) is 32.4 Å². The van der Waals surface area contributed by atoms with Crippen molar-refractivity contribution >= 4 is 29.1 Å². The molecule has 0 aliphatic carbocycles. The fourth-order valence-corrected chi connectivity index (χ4v) is 4.00. The van der Waals surface area contributed by atoms with Gasteiger partial charge in [-0.15, -0.1) is 21.5 Å². The van der Waals surface area contributed by atoms with Gasteiger partial charge < -0.3 is 10.2 Å². The molecule has 0 bridgehead atoms. The van der Waals surface area contributed by atoms with Crippen LogP contribution in [0.5, 0.6) is 0 Å². The largest absolute Gasteiger partial charge is 0.481 e. The third kappa shape index (κ3) is 3.45. The van der Waals surface area contributed by atoms with Gasteiger partial charge in [0.05, 0.1) is 11.8 Å². The Kier molecular flexibility index (Phi) is 5.02. The Balaban J connectivity index is 2.38. The van der Waals surface area contributed by atoms with E-state index in [-0.39, 0.29) is 18.4 Å². The van der Waals surface area contributed by atoms with Crippen molar-refractivity contribution in [3.8, 4) is 0 Å². The van der Waals surface area contributed by atoms with Gasteiger partial charge in [0.2, 0.25) is 0 Å². The Morgan fingerprint density at radius 1 is 1.48 bits per heavy atom. The SMILES string of the molecule is Cc1cc(C(C)n2c(CO)nnc2SCC(=O)O)c(C)s1. The molecule has 0 aliphatic rings. The number of nitrogens with zero attached hydrogens (tertiary/aromatic N) is 3. The number of aromatic nitrogens is 3. The summed E-state index contributed by atoms with van der Waals surface area (Å²) in [6.07, 6.45) is 0. The molecular formula is C13H17N3O3S2. The molecule has 0 aromatic carbocycles. The lowest BCUT2D eigenvalue weighted by atomic mass is 10.1. The quantitative estimate of drug-likeness (QED) is 0.791. The molecule has 0 spiro atoms. The molecular weight excluding hydrogens is 310 g/mol. The van der Waals surface area contributed by atoms with Gasteiger partial charge in [0, 0.05) is 9.75 Å². The van der Waals surface area contributed by atoms with Crippen molar-refractivity contribution in [3.63, 3.8) is 0 Å². The second kappa shape index (κ2) is 6.59. The Bertz CT molecular complexity index is 651. The van der Waals surface area contributed by atoms with Crippen LogP contribution >= 0.6 is 23.1 Å². The van der Waals surface area contributed by atoms with E-state index >= 15 is 0 Å². The zero-order valence-corrected chi connectivity index (χ0v) is 13.7. The van der Waals surface area contributed by atoms with Crippen molar-refractivity contribution in [2.75, 3.05) is 5.75 Å². The second-order valence-electron chi connectivity index (χ2n) is 4.65. The molecule has 2 N–H and O–H groups in total. The minimum atomic E-state index is -0.907. The summed E-state index contributed by atoms with van der Waals surface area (Å²) < 4.78 is 1.81. The van der Waals surface area contributed by atoms with Crippen molar-refractivity contribution in [2.24, 2.45) is 0 Å². The molecule has 2 heterocycles. The minimum Gasteiger partial charge on any atom is -0.481 e. The Morgan fingerprint density at radius 2 is 2.19 bits per heavy atom. The molecule has 1 atom stereocenters. The van der Waals surface area contributed by atoms with Gasteiger partial charge in [-0.1, -0.05) is 11.8 Å². The summed E-state index contributed by atoms with van der Waals surface area (Å²) in [4.78, 5) is 13.1. The van der Waals surface area contributed by atoms with Crippen molar-refractivity contribution in [1.82, 2.24) is 14.8 Å². The molecule has 0 saturated heterocycles. The predicted octanol–water partition coefficient (Wildman–Crippen LogP) is 2.23. The van der Waals surface area contributed by atoms with Crippen LogP contribution in [0.25, 0.3) is 0 Å². The van der Waals surface area contributed by atoms with E-state index in [4.69, 9.17) is 5.11 Å². The van der Waals surface area contributed by atoms with Gasteiger partial charge in [0.25, 0.3) is 0 Å². The zero-order chi connectivity index (χ0) is 15.6. The molecule has 2 rings (SSSR count). The number of thioether (sulfide) groups is 1. The minimum absolute atomic E-state index is 0.0524. The number of rotatable bonds is 6. The predicted molar refractivity (Wildman–Crippen MR) is 81.9 cm³/mol. The maximum absolute atomic E-state index is 10.7. The van der Waals surface area contributed by atoms with E-state index < -0.39 is 5.97 Å². The van der Waals surface area contributed by atoms with Gasteiger partial charge in [-0.2, -0.15) is 0 Å². The van der Waals surface area contributed by atoms with Crippen molar-refractivity contribution in [2.45, 2.75) is 38.6 Å². The number of hydrogen-bond acceptors (Lipinski definition) is 6. The van der Waals surface area contributed by atoms with Gasteiger partial charge in [0.15, 0.2) is 11.0 Å². The number of aliphatic carboxylic acids is 1. The van der Waals surface area contributed by atoms with E-state index in [2.05, 4.69) is 23.2 Å². The molecule has 6 nitrogen and oxygen atoms in total. The number of carbonyl (C=O) groups is 1. The van der Waals surface area contributed by atoms with Gasteiger partial charge in [-0.25, -0.2) is 0 Å². The highest BCUT2D eigenvalue weighted by molar-refractivity contribution is 7.99. The summed E-state index contributed by atoms with van der Waals surface area (Å²) in [5.41, 5.74) is 1.14. The summed E-state index contributed by atoms with van der Waals surface area (Å²) in [5.74, 6) is -0.549. The van der Waals surface area contributed by atoms with Crippen molar-refractivity contribution < 1.29 is 15.0 Å². The van der Waals surface area contributed by atoms with Crippen LogP contribution in [0.3, 0.4) is 0 Å². The van der Waals surface area contributed by atoms with Gasteiger partial charge >= 0.3 is 5.97 Å². The van der Waals surface area contributed by atoms with Crippen LogP contribution in [-0.2, 0) is 11.4 Å². The zero-order valence-electron chi connectivity index (χ0n) is 12.0. The maximum Gasteiger partial charge on any atom is 0.313 e. The van der Waals surface area contributed by atoms with E-state index in [1.165, 1.54) is 9.75 Å². The molecule has 0 fully saturated rings. The smallest absolute Gasteiger partial charge is 0.313 e. The number of carboxylic acid groups (broad SMARTS) is 1. The average Bonchev–Trinajstić information content (AvgIpc) is 2.98. The standard InChI is InChI=1S/C13H17N3O3S2/c1-7-4-10(9(3)21-7)8(2)16-11(5-17)14-15-13(16)20-6-12(18)19/h4,8,17H,5-6H2,1-3H3,(H,18,19). The fraction of sp³-hybridized carbons (Fsp3) is 0.462. The maximum atomic E-state index is 10.7. The first-order chi connectivity index (χ1) is 9.93. The third-order valence-corrected chi connectivity index (χ3v) is 5.03. The molecule has 114 valence electrons. The molecule has 0 saturated carbocycles. The summed E-state index contributed by atoms with van der Waals surface area (Å²) in [7, 11) is 0. The topological polar surface area (TPSA) is 88.2 Å². The molecule has 2 aromatic rings. The Labute approximate surface area is 130 Å². The molecule has 21 heavy (non-hydrogen) atoms. The molecule has 8 heteroatoms. The van der Waals surface area contributed by atoms with E-state index in [0.717, 1.165) is 17.3 Å². The first-order valence-electron chi connectivity index (χ1n) is 6.40. The van der Waals surface area contributed by atoms with E-state index in [9.17, 15) is 9.90 Å². The average molecular weight is 327 g/mol. The van der Waals surface area contributed by atoms with Crippen LogP contribution in [0, 0.1) is 13.8 Å². The summed E-state index contributed by atoms with van der Waals surface area (Å²) >= 11 is 2.82. The van der Waals surface area contributed by atoms with E-state index in [1.807, 2.05) is 18.4 Å². The van der Waals surface area contributed by atoms with Crippen LogP contribution in [0.2, 0.25) is 0 Å². The summed E-state index contributed by atoms with van der Waals surface area (Å²) in [6, 6.07) is 2.06. The first kappa shape index (κ1) is 16.0. The van der Waals surface area contributed by atoms with Gasteiger partial charge in [-0.3, -0.25) is 9.36 Å². The van der Waals surface area contributed by atoms with Crippen molar-refractivity contribution in [1.29, 1.82) is 0 Å². The normalized spacial score (nSPS) is 12.6. The van der Waals surface area contributed by atoms with Crippen LogP contribution in [-0.4, -0.2) is 36.7 Å². The number of aryl methyl sites for hydroxylation is 2. The number of carboxylic acids is 1. The number of aliphatic hydroxyl groups is 1. The highest BCUT2D eigenvalue weighted by Crippen LogP contribution is 2.32. The third-order valence-electron chi connectivity index (χ3n) is 3.12. The van der Waals surface area contributed by atoms with Crippen LogP contribution in [0.4, 0.5) is 0 Å². The lowest BCUT2D eigenvalue weighted by Crippen LogP contribution is -2.13. The molecule has 0 aliphatic heterocycles. The lowest BCUT2D eigenvalue weighted by molar-refractivity contribution is -0.133. The molecule has 1 unspecified atom stereocenters. The van der Waals surface area contributed by atoms with Crippen molar-refractivity contribution in [3.05, 3.63) is 27.2 Å². The van der Waals surface area contributed by atoms with E-state index in [0.29, 0.717) is 11.0 Å². The second-order valence-corrected chi connectivity index (χ2v) is 7.06. The van der Waals surface area contributed by atoms with Crippen LogP contribution in [0.15, 0.2) is 11.2 Å². The highest BCUT2D eigenvalue weighted by Gasteiger charge is 2.21. The Morgan fingerprint density at radius 3 is 2.71 bits per heavy atom. The van der Waals surface area contributed by atoms with E-state index in [1.54, 1.807) is 11.3 Å². The Hall–Kier alpha value is -1.38. The molecule has 2 aromatic heterocycles. The first-order valence-corrected chi connectivity index (χ1v) is 8.20. The van der Waals surface area contributed by atoms with Crippen LogP contribution in [0.1, 0.15) is 34.1 Å². The molecule has 0 amide bonds. The summed E-state index contributed by atoms with van der Waals surface area (Å²) in [5, 5.41) is 26.7. The fourth-order valence-electron chi connectivity index (χ4n) is 2.23. The lowest BCUT2D eigenvalue weighted by Gasteiger charge is -2.17. The number of aliphatic hydroxyl groups excluding tert-OH is 1. The summed E-state index contributed by atoms with van der Waals surface area (Å²) in [6.45, 7) is 5.87. The van der Waals surface area contributed by atoms with Crippen LogP contribution < -0.4 is 0 Å².